The van der Waals surface area contributed by atoms with E-state index in [1.807, 2.05) is 6.07 Å². The van der Waals surface area contributed by atoms with E-state index in [1.54, 1.807) is 26.2 Å². The lowest BCUT2D eigenvalue weighted by atomic mass is 10.2. The molecule has 0 aliphatic rings. The first-order valence-electron chi connectivity index (χ1n) is 7.79. The van der Waals surface area contributed by atoms with Gasteiger partial charge in [-0.1, -0.05) is 17.7 Å². The molecule has 25 heavy (non-hydrogen) atoms. The molecule has 2 rings (SSSR count). The Morgan fingerprint density at radius 1 is 1.40 bits per heavy atom. The van der Waals surface area contributed by atoms with Gasteiger partial charge in [-0.15, -0.1) is 0 Å². The number of methoxy groups -OCH3 is 1. The topological polar surface area (TPSA) is 93.6 Å². The van der Waals surface area contributed by atoms with E-state index in [-0.39, 0.29) is 18.8 Å². The third-order valence-corrected chi connectivity index (χ3v) is 3.64. The van der Waals surface area contributed by atoms with Crippen LogP contribution in [0, 0.1) is 0 Å². The third kappa shape index (κ3) is 5.04. The van der Waals surface area contributed by atoms with Crippen molar-refractivity contribution < 1.29 is 19.4 Å². The molecular formula is C17H20ClN3O4. The maximum absolute atomic E-state index is 12.1. The van der Waals surface area contributed by atoms with Crippen LogP contribution in [0.15, 0.2) is 24.4 Å². The van der Waals surface area contributed by atoms with Crippen LogP contribution in [0.3, 0.4) is 0 Å². The normalized spacial score (nSPS) is 10.4. The van der Waals surface area contributed by atoms with E-state index >= 15 is 0 Å². The summed E-state index contributed by atoms with van der Waals surface area (Å²) in [5.41, 5.74) is 1.13. The minimum absolute atomic E-state index is 0.0771. The maximum Gasteiger partial charge on any atom is 0.343 e. The molecule has 8 heteroatoms. The molecule has 0 amide bonds. The molecule has 0 saturated heterocycles. The van der Waals surface area contributed by atoms with Gasteiger partial charge in [0.1, 0.15) is 23.0 Å². The van der Waals surface area contributed by atoms with Gasteiger partial charge in [-0.2, -0.15) is 0 Å². The van der Waals surface area contributed by atoms with Gasteiger partial charge < -0.3 is 19.9 Å². The number of benzene rings is 1. The summed E-state index contributed by atoms with van der Waals surface area (Å²) >= 11 is 6.12. The van der Waals surface area contributed by atoms with Gasteiger partial charge in [0, 0.05) is 19.2 Å². The Hall–Kier alpha value is -2.38. The Kier molecular flexibility index (Phi) is 6.97. The number of rotatable bonds is 8. The molecule has 1 aromatic carbocycles. The predicted octanol–water partition coefficient (Wildman–Crippen LogP) is 2.46. The van der Waals surface area contributed by atoms with Gasteiger partial charge in [-0.05, 0) is 24.6 Å². The number of carbonyl (C=O) groups excluding carboxylic acids is 1. The van der Waals surface area contributed by atoms with Crippen molar-refractivity contribution in [3.8, 4) is 5.75 Å². The van der Waals surface area contributed by atoms with Crippen molar-refractivity contribution in [2.45, 2.75) is 19.9 Å². The summed E-state index contributed by atoms with van der Waals surface area (Å²) in [4.78, 5) is 20.4. The van der Waals surface area contributed by atoms with Gasteiger partial charge in [0.2, 0.25) is 0 Å². The molecule has 0 atom stereocenters. The number of nitrogens with one attached hydrogen (secondary N) is 1. The molecule has 0 aliphatic carbocycles. The Morgan fingerprint density at radius 3 is 2.84 bits per heavy atom. The molecule has 2 aromatic rings. The van der Waals surface area contributed by atoms with Crippen LogP contribution in [-0.2, 0) is 17.7 Å². The number of hydrogen-bond donors (Lipinski definition) is 2. The standard InChI is InChI=1S/C17H20ClN3O4/c1-3-25-17(23)12-10-19-15(6-7-22)21-16(12)20-9-11-4-5-14(24-2)13(18)8-11/h4-5,8,10,22H,3,6-7,9H2,1-2H3,(H,19,20,21). The van der Waals surface area contributed by atoms with Crippen molar-refractivity contribution >= 4 is 23.4 Å². The molecule has 1 heterocycles. The van der Waals surface area contributed by atoms with Crippen LogP contribution in [0.25, 0.3) is 0 Å². The van der Waals surface area contributed by atoms with Gasteiger partial charge in [-0.3, -0.25) is 0 Å². The van der Waals surface area contributed by atoms with E-state index in [2.05, 4.69) is 15.3 Å². The minimum atomic E-state index is -0.506. The largest absolute Gasteiger partial charge is 0.495 e. The Bertz CT molecular complexity index is 740. The minimum Gasteiger partial charge on any atom is -0.495 e. The van der Waals surface area contributed by atoms with Gasteiger partial charge in [0.05, 0.1) is 25.3 Å². The molecule has 0 fully saturated rings. The van der Waals surface area contributed by atoms with E-state index in [4.69, 9.17) is 26.2 Å². The number of esters is 1. The molecule has 0 unspecified atom stereocenters. The number of ether oxygens (including phenoxy) is 2. The van der Waals surface area contributed by atoms with Crippen LogP contribution in [0.2, 0.25) is 5.02 Å². The van der Waals surface area contributed by atoms with Crippen LogP contribution < -0.4 is 10.1 Å². The van der Waals surface area contributed by atoms with E-state index in [0.29, 0.717) is 35.4 Å². The summed E-state index contributed by atoms with van der Waals surface area (Å²) in [7, 11) is 1.55. The van der Waals surface area contributed by atoms with Crippen LogP contribution >= 0.6 is 11.6 Å². The van der Waals surface area contributed by atoms with Crippen molar-refractivity contribution in [3.05, 3.63) is 46.4 Å². The maximum atomic E-state index is 12.1. The molecule has 0 bridgehead atoms. The molecule has 0 radical (unpaired) electrons. The van der Waals surface area contributed by atoms with Crippen LogP contribution in [0.4, 0.5) is 5.82 Å². The summed E-state index contributed by atoms with van der Waals surface area (Å²) in [6.07, 6.45) is 1.70. The highest BCUT2D eigenvalue weighted by atomic mass is 35.5. The van der Waals surface area contributed by atoms with Gasteiger partial charge in [0.15, 0.2) is 0 Å². The molecular weight excluding hydrogens is 346 g/mol. The smallest absolute Gasteiger partial charge is 0.343 e. The lowest BCUT2D eigenvalue weighted by Crippen LogP contribution is -2.14. The van der Waals surface area contributed by atoms with E-state index < -0.39 is 5.97 Å². The molecule has 0 spiro atoms. The first-order valence-corrected chi connectivity index (χ1v) is 8.17. The van der Waals surface area contributed by atoms with Gasteiger partial charge in [0.25, 0.3) is 0 Å². The second kappa shape index (κ2) is 9.19. The highest BCUT2D eigenvalue weighted by Crippen LogP contribution is 2.25. The lowest BCUT2D eigenvalue weighted by molar-refractivity contribution is 0.0526. The average Bonchev–Trinajstić information content (AvgIpc) is 2.60. The second-order valence-electron chi connectivity index (χ2n) is 5.07. The van der Waals surface area contributed by atoms with Gasteiger partial charge in [-0.25, -0.2) is 14.8 Å². The molecule has 0 saturated carbocycles. The highest BCUT2D eigenvalue weighted by molar-refractivity contribution is 6.32. The van der Waals surface area contributed by atoms with Crippen LogP contribution in [0.5, 0.6) is 5.75 Å². The van der Waals surface area contributed by atoms with E-state index in [1.165, 1.54) is 6.20 Å². The number of aliphatic hydroxyl groups excluding tert-OH is 1. The first-order chi connectivity index (χ1) is 12.1. The van der Waals surface area contributed by atoms with Crippen molar-refractivity contribution in [2.24, 2.45) is 0 Å². The first kappa shape index (κ1) is 19.0. The molecule has 1 aromatic heterocycles. The molecule has 0 aliphatic heterocycles. The number of aromatic nitrogens is 2. The van der Waals surface area contributed by atoms with Crippen molar-refractivity contribution in [1.82, 2.24) is 9.97 Å². The zero-order valence-electron chi connectivity index (χ0n) is 14.1. The molecule has 7 nitrogen and oxygen atoms in total. The predicted molar refractivity (Wildman–Crippen MR) is 94.1 cm³/mol. The van der Waals surface area contributed by atoms with Crippen LogP contribution in [-0.4, -0.2) is 41.4 Å². The van der Waals surface area contributed by atoms with E-state index in [0.717, 1.165) is 5.56 Å². The number of nitrogens with zero attached hydrogens (tertiary/aromatic N) is 2. The van der Waals surface area contributed by atoms with Crippen LogP contribution in [0.1, 0.15) is 28.7 Å². The molecule has 134 valence electrons. The van der Waals surface area contributed by atoms with E-state index in [9.17, 15) is 4.79 Å². The Balaban J connectivity index is 2.21. The number of anilines is 1. The number of hydrogen-bond acceptors (Lipinski definition) is 7. The number of aliphatic hydroxyl groups is 1. The van der Waals surface area contributed by atoms with Gasteiger partial charge >= 0.3 is 5.97 Å². The summed E-state index contributed by atoms with van der Waals surface area (Å²) < 4.78 is 10.1. The fourth-order valence-electron chi connectivity index (χ4n) is 2.14. The molecule has 2 N–H and O–H groups in total. The summed E-state index contributed by atoms with van der Waals surface area (Å²) in [5, 5.41) is 12.6. The number of halogens is 1. The van der Waals surface area contributed by atoms with Crippen molar-refractivity contribution in [1.29, 1.82) is 0 Å². The Labute approximate surface area is 151 Å². The Morgan fingerprint density at radius 2 is 2.20 bits per heavy atom. The second-order valence-corrected chi connectivity index (χ2v) is 5.47. The summed E-state index contributed by atoms with van der Waals surface area (Å²) in [6.45, 7) is 2.30. The number of carbonyl (C=O) groups is 1. The lowest BCUT2D eigenvalue weighted by Gasteiger charge is -2.12. The zero-order chi connectivity index (χ0) is 18.2. The highest BCUT2D eigenvalue weighted by Gasteiger charge is 2.16. The zero-order valence-corrected chi connectivity index (χ0v) is 14.8. The van der Waals surface area contributed by atoms with Crippen molar-refractivity contribution in [3.63, 3.8) is 0 Å². The fourth-order valence-corrected chi connectivity index (χ4v) is 2.42. The SMILES string of the molecule is CCOC(=O)c1cnc(CCO)nc1NCc1ccc(OC)c(Cl)c1. The fraction of sp³-hybridized carbons (Fsp3) is 0.353. The summed E-state index contributed by atoms with van der Waals surface area (Å²) in [6, 6.07) is 5.40. The quantitative estimate of drug-likeness (QED) is 0.694. The van der Waals surface area contributed by atoms with Crippen molar-refractivity contribution in [2.75, 3.05) is 25.6 Å². The monoisotopic (exact) mass is 365 g/mol. The summed E-state index contributed by atoms with van der Waals surface area (Å²) in [5.74, 6) is 0.868. The average molecular weight is 366 g/mol. The third-order valence-electron chi connectivity index (χ3n) is 3.35.